The Labute approximate surface area is 209 Å². The Morgan fingerprint density at radius 3 is 2.11 bits per heavy atom. The molecule has 0 saturated carbocycles. The highest BCUT2D eigenvalue weighted by atomic mass is 35.5. The van der Waals surface area contributed by atoms with E-state index < -0.39 is 0 Å². The number of rotatable bonds is 7. The van der Waals surface area contributed by atoms with E-state index in [9.17, 15) is 9.90 Å². The second-order valence-electron chi connectivity index (χ2n) is 8.32. The van der Waals surface area contributed by atoms with Crippen LogP contribution in [0.3, 0.4) is 0 Å². The van der Waals surface area contributed by atoms with Crippen molar-refractivity contribution in [3.05, 3.63) is 101 Å². The number of amides is 1. The molecule has 0 aliphatic carbocycles. The maximum absolute atomic E-state index is 12.6. The molecular formula is C29H26ClNO4. The summed E-state index contributed by atoms with van der Waals surface area (Å²) in [5.41, 5.74) is 5.22. The van der Waals surface area contributed by atoms with E-state index in [1.807, 2.05) is 74.5 Å². The van der Waals surface area contributed by atoms with Crippen LogP contribution in [0.1, 0.15) is 16.7 Å². The minimum atomic E-state index is -0.233. The molecule has 1 amide bonds. The van der Waals surface area contributed by atoms with E-state index in [1.54, 1.807) is 19.2 Å². The second kappa shape index (κ2) is 10.5. The van der Waals surface area contributed by atoms with Gasteiger partial charge in [-0.05, 0) is 72.0 Å². The van der Waals surface area contributed by atoms with Crippen molar-refractivity contribution < 1.29 is 19.4 Å². The summed E-state index contributed by atoms with van der Waals surface area (Å²) >= 11 is 6.31. The summed E-state index contributed by atoms with van der Waals surface area (Å²) in [5, 5.41) is 13.7. The number of carbonyl (C=O) groups excluding carboxylic acids is 1. The fourth-order valence-corrected chi connectivity index (χ4v) is 4.17. The summed E-state index contributed by atoms with van der Waals surface area (Å²) in [7, 11) is 1.64. The van der Waals surface area contributed by atoms with Gasteiger partial charge in [-0.25, -0.2) is 0 Å². The van der Waals surface area contributed by atoms with Gasteiger partial charge >= 0.3 is 0 Å². The number of ether oxygens (including phenoxy) is 2. The SMILES string of the molecule is COc1ccc(-c2ccc(CC(=O)Nc3ccc(Oc4c(C)cc(C)cc4Cl)cc3O)cc2)cc1. The molecule has 4 rings (SSSR count). The first-order valence-electron chi connectivity index (χ1n) is 11.1. The van der Waals surface area contributed by atoms with Crippen LogP contribution >= 0.6 is 11.6 Å². The highest BCUT2D eigenvalue weighted by molar-refractivity contribution is 6.32. The average Bonchev–Trinajstić information content (AvgIpc) is 2.83. The molecule has 0 aliphatic heterocycles. The highest BCUT2D eigenvalue weighted by Crippen LogP contribution is 2.36. The Kier molecular flexibility index (Phi) is 7.28. The lowest BCUT2D eigenvalue weighted by molar-refractivity contribution is -0.115. The standard InChI is InChI=1S/C29H26ClNO4/c1-18-14-19(2)29(25(30)15-18)35-24-12-13-26(27(32)17-24)31-28(33)16-20-4-6-21(7-5-20)22-8-10-23(34-3)11-9-22/h4-15,17,32H,16H2,1-3H3,(H,31,33). The van der Waals surface area contributed by atoms with Gasteiger partial charge in [0.25, 0.3) is 0 Å². The lowest BCUT2D eigenvalue weighted by Gasteiger charge is -2.13. The smallest absolute Gasteiger partial charge is 0.228 e. The third-order valence-corrected chi connectivity index (χ3v) is 5.86. The first-order chi connectivity index (χ1) is 16.8. The number of carbonyl (C=O) groups is 1. The van der Waals surface area contributed by atoms with Crippen LogP contribution in [-0.2, 0) is 11.2 Å². The quantitative estimate of drug-likeness (QED) is 0.268. The van der Waals surface area contributed by atoms with Crippen LogP contribution in [0.25, 0.3) is 11.1 Å². The van der Waals surface area contributed by atoms with E-state index in [2.05, 4.69) is 5.32 Å². The zero-order chi connectivity index (χ0) is 24.9. The summed E-state index contributed by atoms with van der Waals surface area (Å²) in [4.78, 5) is 12.6. The summed E-state index contributed by atoms with van der Waals surface area (Å²) in [6.07, 6.45) is 0.179. The molecule has 2 N–H and O–H groups in total. The Hall–Kier alpha value is -3.96. The van der Waals surface area contributed by atoms with Gasteiger partial charge in [-0.15, -0.1) is 0 Å². The summed E-state index contributed by atoms with van der Waals surface area (Å²) < 4.78 is 11.1. The third kappa shape index (κ3) is 5.94. The normalized spacial score (nSPS) is 10.6. The van der Waals surface area contributed by atoms with Crippen molar-refractivity contribution in [3.8, 4) is 34.1 Å². The molecule has 0 spiro atoms. The molecule has 6 heteroatoms. The number of methoxy groups -OCH3 is 1. The minimum absolute atomic E-state index is 0.0911. The molecule has 35 heavy (non-hydrogen) atoms. The Morgan fingerprint density at radius 1 is 0.886 bits per heavy atom. The number of hydrogen-bond donors (Lipinski definition) is 2. The zero-order valence-electron chi connectivity index (χ0n) is 19.8. The monoisotopic (exact) mass is 487 g/mol. The van der Waals surface area contributed by atoms with Gasteiger partial charge in [0.05, 0.1) is 24.2 Å². The zero-order valence-corrected chi connectivity index (χ0v) is 20.5. The van der Waals surface area contributed by atoms with Crippen LogP contribution in [0.5, 0.6) is 23.0 Å². The Balaban J connectivity index is 1.39. The number of halogens is 1. The number of nitrogens with one attached hydrogen (secondary N) is 1. The van der Waals surface area contributed by atoms with Crippen LogP contribution < -0.4 is 14.8 Å². The van der Waals surface area contributed by atoms with Crippen molar-refractivity contribution in [2.75, 3.05) is 12.4 Å². The predicted octanol–water partition coefficient (Wildman–Crippen LogP) is 7.31. The maximum atomic E-state index is 12.6. The summed E-state index contributed by atoms with van der Waals surface area (Å²) in [6, 6.07) is 24.1. The third-order valence-electron chi connectivity index (χ3n) is 5.58. The molecule has 4 aromatic rings. The number of hydrogen-bond acceptors (Lipinski definition) is 4. The van der Waals surface area contributed by atoms with Gasteiger partial charge in [-0.1, -0.05) is 54.1 Å². The highest BCUT2D eigenvalue weighted by Gasteiger charge is 2.12. The average molecular weight is 488 g/mol. The minimum Gasteiger partial charge on any atom is -0.506 e. The van der Waals surface area contributed by atoms with Gasteiger partial charge < -0.3 is 19.9 Å². The first kappa shape index (κ1) is 24.2. The van der Waals surface area contributed by atoms with Crippen molar-refractivity contribution in [1.82, 2.24) is 0 Å². The lowest BCUT2D eigenvalue weighted by Crippen LogP contribution is -2.14. The molecule has 0 atom stereocenters. The molecule has 0 fully saturated rings. The fourth-order valence-electron chi connectivity index (χ4n) is 3.81. The van der Waals surface area contributed by atoms with Crippen LogP contribution in [0.15, 0.2) is 78.9 Å². The van der Waals surface area contributed by atoms with E-state index in [-0.39, 0.29) is 18.1 Å². The number of benzene rings is 4. The molecular weight excluding hydrogens is 462 g/mol. The first-order valence-corrected chi connectivity index (χ1v) is 11.5. The van der Waals surface area contributed by atoms with Crippen molar-refractivity contribution in [2.24, 2.45) is 0 Å². The van der Waals surface area contributed by atoms with Crippen molar-refractivity contribution in [2.45, 2.75) is 20.3 Å². The van der Waals surface area contributed by atoms with Gasteiger partial charge in [0, 0.05) is 6.07 Å². The van der Waals surface area contributed by atoms with Gasteiger partial charge in [0.2, 0.25) is 5.91 Å². The fraction of sp³-hybridized carbons (Fsp3) is 0.138. The van der Waals surface area contributed by atoms with Gasteiger partial charge in [0.1, 0.15) is 23.0 Å². The number of aromatic hydroxyl groups is 1. The van der Waals surface area contributed by atoms with Crippen LogP contribution in [0, 0.1) is 13.8 Å². The van der Waals surface area contributed by atoms with E-state index in [4.69, 9.17) is 21.1 Å². The number of phenols is 1. The Bertz CT molecular complexity index is 1330. The Morgan fingerprint density at radius 2 is 1.51 bits per heavy atom. The van der Waals surface area contributed by atoms with E-state index >= 15 is 0 Å². The van der Waals surface area contributed by atoms with Crippen LogP contribution in [-0.4, -0.2) is 18.1 Å². The largest absolute Gasteiger partial charge is 0.506 e. The topological polar surface area (TPSA) is 67.8 Å². The molecule has 0 unspecified atom stereocenters. The molecule has 0 saturated heterocycles. The van der Waals surface area contributed by atoms with Crippen LogP contribution in [0.2, 0.25) is 5.02 Å². The number of aryl methyl sites for hydroxylation is 2. The predicted molar refractivity (Wildman–Crippen MR) is 140 cm³/mol. The summed E-state index contributed by atoms with van der Waals surface area (Å²) in [6.45, 7) is 3.87. The number of phenolic OH excluding ortho intramolecular Hbond substituents is 1. The van der Waals surface area contributed by atoms with Crippen molar-refractivity contribution >= 4 is 23.2 Å². The van der Waals surface area contributed by atoms with E-state index in [0.29, 0.717) is 22.2 Å². The molecule has 5 nitrogen and oxygen atoms in total. The van der Waals surface area contributed by atoms with Crippen molar-refractivity contribution in [3.63, 3.8) is 0 Å². The molecule has 0 aliphatic rings. The van der Waals surface area contributed by atoms with Gasteiger partial charge in [0.15, 0.2) is 0 Å². The van der Waals surface area contributed by atoms with Gasteiger partial charge in [-0.3, -0.25) is 4.79 Å². The molecule has 0 heterocycles. The molecule has 0 bridgehead atoms. The molecule has 0 aromatic heterocycles. The maximum Gasteiger partial charge on any atom is 0.228 e. The van der Waals surface area contributed by atoms with Gasteiger partial charge in [-0.2, -0.15) is 0 Å². The van der Waals surface area contributed by atoms with E-state index in [1.165, 1.54) is 6.07 Å². The van der Waals surface area contributed by atoms with Crippen LogP contribution in [0.4, 0.5) is 5.69 Å². The van der Waals surface area contributed by atoms with Crippen molar-refractivity contribution in [1.29, 1.82) is 0 Å². The van der Waals surface area contributed by atoms with E-state index in [0.717, 1.165) is 33.6 Å². The lowest BCUT2D eigenvalue weighted by atomic mass is 10.0. The molecule has 178 valence electrons. The molecule has 4 aromatic carbocycles. The molecule has 0 radical (unpaired) electrons. The number of anilines is 1. The second-order valence-corrected chi connectivity index (χ2v) is 8.73. The summed E-state index contributed by atoms with van der Waals surface area (Å²) in [5.74, 6) is 1.43.